The molecule has 0 bridgehead atoms. The van der Waals surface area contributed by atoms with Gasteiger partial charge in [-0.1, -0.05) is 48.5 Å². The lowest BCUT2D eigenvalue weighted by atomic mass is 9.91. The van der Waals surface area contributed by atoms with E-state index < -0.39 is 0 Å². The van der Waals surface area contributed by atoms with Gasteiger partial charge in [0.2, 0.25) is 5.95 Å². The van der Waals surface area contributed by atoms with Gasteiger partial charge in [-0.2, -0.15) is 4.98 Å². The molecule has 1 aromatic heterocycles. The van der Waals surface area contributed by atoms with Crippen LogP contribution < -0.4 is 20.3 Å². The second-order valence-corrected chi connectivity index (χ2v) is 9.38. The number of nitrogens with one attached hydrogen (secondary N) is 2. The Morgan fingerprint density at radius 3 is 2.29 bits per heavy atom. The largest absolute Gasteiger partial charge is 0.457 e. The van der Waals surface area contributed by atoms with Crippen molar-refractivity contribution in [2.75, 3.05) is 24.3 Å². The van der Waals surface area contributed by atoms with Crippen molar-refractivity contribution in [2.24, 2.45) is 0 Å². The summed E-state index contributed by atoms with van der Waals surface area (Å²) in [5.41, 5.74) is 2.15. The highest BCUT2D eigenvalue weighted by atomic mass is 16.5. The number of aromatic nitrogens is 2. The van der Waals surface area contributed by atoms with Crippen molar-refractivity contribution in [2.45, 2.75) is 44.3 Å². The van der Waals surface area contributed by atoms with Crippen LogP contribution in [0.2, 0.25) is 0 Å². The van der Waals surface area contributed by atoms with Crippen LogP contribution >= 0.6 is 0 Å². The number of hydrogen-bond donors (Lipinski definition) is 2. The van der Waals surface area contributed by atoms with Gasteiger partial charge < -0.3 is 20.3 Å². The van der Waals surface area contributed by atoms with E-state index in [4.69, 9.17) is 14.7 Å². The van der Waals surface area contributed by atoms with Crippen molar-refractivity contribution in [3.63, 3.8) is 0 Å². The van der Waals surface area contributed by atoms with Gasteiger partial charge in [-0.15, -0.1) is 0 Å². The molecule has 6 nitrogen and oxygen atoms in total. The molecule has 4 aromatic rings. The summed E-state index contributed by atoms with van der Waals surface area (Å²) in [4.78, 5) is 11.6. The number of hydrogen-bond acceptors (Lipinski definition) is 6. The van der Waals surface area contributed by atoms with Crippen LogP contribution in [0.1, 0.15) is 31.2 Å². The minimum absolute atomic E-state index is 0.387. The number of ether oxygens (including phenoxy) is 1. The van der Waals surface area contributed by atoms with E-state index in [1.54, 1.807) is 0 Å². The Kier molecular flexibility index (Phi) is 7.09. The lowest BCUT2D eigenvalue weighted by Crippen LogP contribution is -2.37. The molecule has 1 heterocycles. The zero-order valence-corrected chi connectivity index (χ0v) is 20.4. The average Bonchev–Trinajstić information content (AvgIpc) is 2.89. The summed E-state index contributed by atoms with van der Waals surface area (Å²) < 4.78 is 6.12. The SMILES string of the molecule is CN(C)c1nc(N[C@H]2CC[C@@H](NCc3ccccc3Oc3ccccc3)CC2)nc2ccccc12. The monoisotopic (exact) mass is 467 g/mol. The fourth-order valence-corrected chi connectivity index (χ4v) is 4.71. The molecule has 0 amide bonds. The van der Waals surface area contributed by atoms with Gasteiger partial charge in [0.15, 0.2) is 0 Å². The summed E-state index contributed by atoms with van der Waals surface area (Å²) in [5.74, 6) is 3.44. The zero-order chi connectivity index (χ0) is 24.0. The Bertz CT molecular complexity index is 1250. The Morgan fingerprint density at radius 2 is 1.49 bits per heavy atom. The summed E-state index contributed by atoms with van der Waals surface area (Å²) in [5, 5.41) is 8.43. The molecule has 0 saturated heterocycles. The summed E-state index contributed by atoms with van der Waals surface area (Å²) in [6, 6.07) is 27.3. The molecule has 0 unspecified atom stereocenters. The molecule has 1 aliphatic rings. The molecule has 0 spiro atoms. The normalized spacial score (nSPS) is 17.8. The van der Waals surface area contributed by atoms with E-state index in [2.05, 4.69) is 39.8 Å². The number of fused-ring (bicyclic) bond motifs is 1. The lowest BCUT2D eigenvalue weighted by molar-refractivity contribution is 0.350. The number of rotatable bonds is 8. The molecule has 3 aromatic carbocycles. The van der Waals surface area contributed by atoms with E-state index in [-0.39, 0.29) is 0 Å². The van der Waals surface area contributed by atoms with Crippen molar-refractivity contribution in [1.82, 2.24) is 15.3 Å². The molecule has 2 N–H and O–H groups in total. The second-order valence-electron chi connectivity index (χ2n) is 9.38. The van der Waals surface area contributed by atoms with Crippen LogP contribution in [0.4, 0.5) is 11.8 Å². The van der Waals surface area contributed by atoms with Crippen molar-refractivity contribution in [1.29, 1.82) is 0 Å². The Morgan fingerprint density at radius 1 is 0.800 bits per heavy atom. The van der Waals surface area contributed by atoms with Gasteiger partial charge in [0.1, 0.15) is 17.3 Å². The molecule has 0 atom stereocenters. The first-order valence-electron chi connectivity index (χ1n) is 12.4. The van der Waals surface area contributed by atoms with Crippen molar-refractivity contribution in [3.8, 4) is 11.5 Å². The van der Waals surface area contributed by atoms with Crippen LogP contribution in [-0.4, -0.2) is 36.1 Å². The van der Waals surface area contributed by atoms with Crippen LogP contribution in [-0.2, 0) is 6.54 Å². The van der Waals surface area contributed by atoms with Gasteiger partial charge in [0.05, 0.1) is 5.52 Å². The molecule has 1 saturated carbocycles. The molecule has 1 fully saturated rings. The first-order chi connectivity index (χ1) is 17.2. The van der Waals surface area contributed by atoms with Crippen molar-refractivity contribution < 1.29 is 4.74 Å². The van der Waals surface area contributed by atoms with Crippen LogP contribution in [0.5, 0.6) is 11.5 Å². The van der Waals surface area contributed by atoms with E-state index >= 15 is 0 Å². The minimum Gasteiger partial charge on any atom is -0.457 e. The third kappa shape index (κ3) is 5.72. The number of benzene rings is 3. The lowest BCUT2D eigenvalue weighted by Gasteiger charge is -2.30. The quantitative estimate of drug-likeness (QED) is 0.331. The van der Waals surface area contributed by atoms with Crippen LogP contribution in [0.15, 0.2) is 78.9 Å². The number of anilines is 2. The number of nitrogens with zero attached hydrogens (tertiary/aromatic N) is 3. The third-order valence-electron chi connectivity index (χ3n) is 6.59. The Balaban J connectivity index is 1.16. The van der Waals surface area contributed by atoms with E-state index in [1.807, 2.05) is 68.7 Å². The van der Waals surface area contributed by atoms with E-state index in [0.717, 1.165) is 66.4 Å². The fraction of sp³-hybridized carbons (Fsp3) is 0.310. The van der Waals surface area contributed by atoms with Crippen LogP contribution in [0.3, 0.4) is 0 Å². The molecule has 0 aliphatic heterocycles. The predicted molar refractivity (Wildman–Crippen MR) is 143 cm³/mol. The second kappa shape index (κ2) is 10.7. The molecule has 6 heteroatoms. The standard InChI is InChI=1S/C29H33N5O/c1-34(2)28-25-13-7-8-14-26(25)32-29(33-28)31-23-18-16-22(17-19-23)30-20-21-10-6-9-15-27(21)35-24-11-4-3-5-12-24/h3-15,22-23,30H,16-20H2,1-2H3,(H,31,32,33)/t22-,23+. The summed E-state index contributed by atoms with van der Waals surface area (Å²) in [7, 11) is 4.05. The highest BCUT2D eigenvalue weighted by Gasteiger charge is 2.22. The van der Waals surface area contributed by atoms with Gasteiger partial charge in [0.25, 0.3) is 0 Å². The van der Waals surface area contributed by atoms with Gasteiger partial charge in [-0.25, -0.2) is 4.98 Å². The topological polar surface area (TPSA) is 62.3 Å². The maximum absolute atomic E-state index is 6.12. The van der Waals surface area contributed by atoms with E-state index in [9.17, 15) is 0 Å². The molecular weight excluding hydrogens is 434 g/mol. The van der Waals surface area contributed by atoms with Gasteiger partial charge in [0, 0.05) is 43.7 Å². The van der Waals surface area contributed by atoms with Gasteiger partial charge in [-0.05, 0) is 56.0 Å². The van der Waals surface area contributed by atoms with Crippen LogP contribution in [0.25, 0.3) is 10.9 Å². The van der Waals surface area contributed by atoms with E-state index in [0.29, 0.717) is 12.1 Å². The molecule has 5 rings (SSSR count). The van der Waals surface area contributed by atoms with Crippen molar-refractivity contribution >= 4 is 22.7 Å². The minimum atomic E-state index is 0.387. The summed E-state index contributed by atoms with van der Waals surface area (Å²) in [6.07, 6.45) is 4.42. The molecular formula is C29H33N5O. The molecule has 0 radical (unpaired) electrons. The van der Waals surface area contributed by atoms with Crippen LogP contribution in [0, 0.1) is 0 Å². The molecule has 1 aliphatic carbocycles. The maximum Gasteiger partial charge on any atom is 0.225 e. The third-order valence-corrected chi connectivity index (χ3v) is 6.59. The predicted octanol–water partition coefficient (Wildman–Crippen LogP) is 6.00. The fourth-order valence-electron chi connectivity index (χ4n) is 4.71. The zero-order valence-electron chi connectivity index (χ0n) is 20.4. The highest BCUT2D eigenvalue weighted by molar-refractivity contribution is 5.90. The number of para-hydroxylation sites is 3. The highest BCUT2D eigenvalue weighted by Crippen LogP contribution is 2.28. The molecule has 35 heavy (non-hydrogen) atoms. The maximum atomic E-state index is 6.12. The Hall–Kier alpha value is -3.64. The first kappa shape index (κ1) is 23.1. The average molecular weight is 468 g/mol. The summed E-state index contributed by atoms with van der Waals surface area (Å²) >= 11 is 0. The summed E-state index contributed by atoms with van der Waals surface area (Å²) in [6.45, 7) is 0.797. The smallest absolute Gasteiger partial charge is 0.225 e. The van der Waals surface area contributed by atoms with Crippen molar-refractivity contribution in [3.05, 3.63) is 84.4 Å². The van der Waals surface area contributed by atoms with Gasteiger partial charge in [-0.3, -0.25) is 0 Å². The Labute approximate surface area is 207 Å². The van der Waals surface area contributed by atoms with E-state index in [1.165, 1.54) is 5.56 Å². The van der Waals surface area contributed by atoms with Gasteiger partial charge >= 0.3 is 0 Å². The molecule has 180 valence electrons. The first-order valence-corrected chi connectivity index (χ1v) is 12.4.